The van der Waals surface area contributed by atoms with Crippen molar-refractivity contribution in [2.75, 3.05) is 33.5 Å². The second kappa shape index (κ2) is 10.4. The summed E-state index contributed by atoms with van der Waals surface area (Å²) in [5, 5.41) is 20.3. The molecule has 0 aliphatic heterocycles. The van der Waals surface area contributed by atoms with Gasteiger partial charge in [0.15, 0.2) is 11.6 Å². The number of ether oxygens (including phenoxy) is 4. The first kappa shape index (κ1) is 27.5. The summed E-state index contributed by atoms with van der Waals surface area (Å²) in [7, 11) is 1.49. The normalized spacial score (nSPS) is 14.5. The van der Waals surface area contributed by atoms with Crippen molar-refractivity contribution < 1.29 is 34.0 Å². The Balaban J connectivity index is 2.69. The summed E-state index contributed by atoms with van der Waals surface area (Å²) in [4.78, 5) is 12.7. The Morgan fingerprint density at radius 2 is 1.29 bits per heavy atom. The predicted octanol–water partition coefficient (Wildman–Crippen LogP) is 3.42. The van der Waals surface area contributed by atoms with Crippen LogP contribution in [0.2, 0.25) is 0 Å². The van der Waals surface area contributed by atoms with E-state index in [0.717, 1.165) is 28.0 Å². The van der Waals surface area contributed by atoms with Crippen LogP contribution in [0.25, 0.3) is 0 Å². The molecule has 2 N–H and O–H groups in total. The first-order chi connectivity index (χ1) is 14.1. The van der Waals surface area contributed by atoms with Gasteiger partial charge in [0.25, 0.3) is 0 Å². The minimum atomic E-state index is -1.43. The standard InChI is InChI=1S/C24H40O7/c1-15-17(3)20(18(4)16(2)19(15)21(25)22(5,6)26)30-13-11-29-12-14-31-24(9,28-10)23(7,8)27/h26-27H,11-14H2,1-10H3. The molecule has 0 aliphatic rings. The van der Waals surface area contributed by atoms with Gasteiger partial charge in [-0.05, 0) is 84.6 Å². The van der Waals surface area contributed by atoms with E-state index in [9.17, 15) is 15.0 Å². The number of methoxy groups -OCH3 is 1. The van der Waals surface area contributed by atoms with E-state index in [2.05, 4.69) is 0 Å². The van der Waals surface area contributed by atoms with E-state index in [1.54, 1.807) is 20.8 Å². The predicted molar refractivity (Wildman–Crippen MR) is 120 cm³/mol. The molecule has 0 fully saturated rings. The Kier molecular flexibility index (Phi) is 9.24. The summed E-state index contributed by atoms with van der Waals surface area (Å²) in [5.74, 6) is -0.688. The lowest BCUT2D eigenvalue weighted by Crippen LogP contribution is -2.51. The van der Waals surface area contributed by atoms with Gasteiger partial charge in [-0.1, -0.05) is 0 Å². The van der Waals surface area contributed by atoms with E-state index in [0.29, 0.717) is 25.4 Å². The van der Waals surface area contributed by atoms with Crippen LogP contribution in [0.3, 0.4) is 0 Å². The van der Waals surface area contributed by atoms with E-state index >= 15 is 0 Å². The molecule has 0 heterocycles. The van der Waals surface area contributed by atoms with Crippen LogP contribution < -0.4 is 4.74 Å². The molecule has 1 aromatic carbocycles. The largest absolute Gasteiger partial charge is 0.491 e. The van der Waals surface area contributed by atoms with E-state index in [1.165, 1.54) is 21.0 Å². The molecule has 0 spiro atoms. The summed E-state index contributed by atoms with van der Waals surface area (Å²) in [6.07, 6.45) is 0. The zero-order chi connectivity index (χ0) is 24.2. The monoisotopic (exact) mass is 440 g/mol. The average molecular weight is 441 g/mol. The molecule has 0 saturated heterocycles. The molecule has 31 heavy (non-hydrogen) atoms. The molecule has 0 radical (unpaired) electrons. The summed E-state index contributed by atoms with van der Waals surface area (Å²) in [6.45, 7) is 16.8. The maximum atomic E-state index is 12.7. The van der Waals surface area contributed by atoms with Crippen molar-refractivity contribution in [3.63, 3.8) is 0 Å². The van der Waals surface area contributed by atoms with Crippen LogP contribution >= 0.6 is 0 Å². The summed E-state index contributed by atoms with van der Waals surface area (Å²) in [5.41, 5.74) is 1.33. The lowest BCUT2D eigenvalue weighted by atomic mass is 9.85. The van der Waals surface area contributed by atoms with E-state index in [4.69, 9.17) is 18.9 Å². The smallest absolute Gasteiger partial charge is 0.194 e. The molecular formula is C24H40O7. The van der Waals surface area contributed by atoms with Crippen LogP contribution in [-0.4, -0.2) is 66.5 Å². The van der Waals surface area contributed by atoms with E-state index < -0.39 is 17.0 Å². The highest BCUT2D eigenvalue weighted by Crippen LogP contribution is 2.34. The molecule has 0 saturated carbocycles. The van der Waals surface area contributed by atoms with Crippen LogP contribution in [0, 0.1) is 27.7 Å². The van der Waals surface area contributed by atoms with E-state index in [-0.39, 0.29) is 12.4 Å². The zero-order valence-electron chi connectivity index (χ0n) is 20.8. The van der Waals surface area contributed by atoms with Crippen molar-refractivity contribution in [3.05, 3.63) is 27.8 Å². The number of benzene rings is 1. The fourth-order valence-electron chi connectivity index (χ4n) is 3.23. The Morgan fingerprint density at radius 3 is 1.71 bits per heavy atom. The molecule has 178 valence electrons. The fraction of sp³-hybridized carbons (Fsp3) is 0.708. The van der Waals surface area contributed by atoms with Gasteiger partial charge in [-0.15, -0.1) is 0 Å². The number of Topliss-reactive ketones (excluding diaryl/α,β-unsaturated/α-hetero) is 1. The van der Waals surface area contributed by atoms with E-state index in [1.807, 2.05) is 27.7 Å². The van der Waals surface area contributed by atoms with Crippen molar-refractivity contribution in [1.82, 2.24) is 0 Å². The number of aliphatic hydroxyl groups is 2. The number of hydrogen-bond donors (Lipinski definition) is 2. The number of carbonyl (C=O) groups is 1. The van der Waals surface area contributed by atoms with Crippen LogP contribution in [0.15, 0.2) is 0 Å². The number of carbonyl (C=O) groups excluding carboxylic acids is 1. The summed E-state index contributed by atoms with van der Waals surface area (Å²) < 4.78 is 22.5. The van der Waals surface area contributed by atoms with Crippen molar-refractivity contribution in [2.24, 2.45) is 0 Å². The van der Waals surface area contributed by atoms with Crippen molar-refractivity contribution in [2.45, 2.75) is 79.3 Å². The van der Waals surface area contributed by atoms with Gasteiger partial charge in [0.05, 0.1) is 19.8 Å². The van der Waals surface area contributed by atoms with Gasteiger partial charge >= 0.3 is 0 Å². The topological polar surface area (TPSA) is 94.5 Å². The van der Waals surface area contributed by atoms with Gasteiger partial charge in [-0.25, -0.2) is 0 Å². The fourth-order valence-corrected chi connectivity index (χ4v) is 3.23. The first-order valence-corrected chi connectivity index (χ1v) is 10.6. The number of hydrogen-bond acceptors (Lipinski definition) is 7. The maximum Gasteiger partial charge on any atom is 0.194 e. The minimum Gasteiger partial charge on any atom is -0.491 e. The molecule has 1 aromatic rings. The number of rotatable bonds is 12. The van der Waals surface area contributed by atoms with Crippen molar-refractivity contribution >= 4 is 5.78 Å². The van der Waals surface area contributed by atoms with Gasteiger partial charge in [0.2, 0.25) is 0 Å². The van der Waals surface area contributed by atoms with Gasteiger partial charge < -0.3 is 29.2 Å². The average Bonchev–Trinajstić information content (AvgIpc) is 2.66. The highest BCUT2D eigenvalue weighted by Gasteiger charge is 2.41. The molecule has 0 aromatic heterocycles. The Bertz CT molecular complexity index is 743. The third-order valence-corrected chi connectivity index (χ3v) is 5.92. The van der Waals surface area contributed by atoms with Gasteiger partial charge in [-0.2, -0.15) is 0 Å². The molecule has 0 amide bonds. The summed E-state index contributed by atoms with van der Waals surface area (Å²) in [6, 6.07) is 0. The number of ketones is 1. The summed E-state index contributed by atoms with van der Waals surface area (Å²) >= 11 is 0. The second-order valence-electron chi connectivity index (χ2n) is 9.11. The maximum absolute atomic E-state index is 12.7. The first-order valence-electron chi connectivity index (χ1n) is 10.6. The molecule has 1 unspecified atom stereocenters. The van der Waals surface area contributed by atoms with Crippen LogP contribution in [0.5, 0.6) is 5.75 Å². The lowest BCUT2D eigenvalue weighted by Gasteiger charge is -2.38. The Hall–Kier alpha value is -1.51. The molecule has 7 nitrogen and oxygen atoms in total. The highest BCUT2D eigenvalue weighted by atomic mass is 16.7. The molecule has 1 atom stereocenters. The van der Waals surface area contributed by atoms with Gasteiger partial charge in [0.1, 0.15) is 23.6 Å². The van der Waals surface area contributed by atoms with Gasteiger partial charge in [0, 0.05) is 12.7 Å². The van der Waals surface area contributed by atoms with Crippen LogP contribution in [0.1, 0.15) is 67.2 Å². The molecule has 0 bridgehead atoms. The Labute approximate surface area is 186 Å². The van der Waals surface area contributed by atoms with Crippen LogP contribution in [0.4, 0.5) is 0 Å². The van der Waals surface area contributed by atoms with Crippen molar-refractivity contribution in [1.29, 1.82) is 0 Å². The van der Waals surface area contributed by atoms with Crippen LogP contribution in [-0.2, 0) is 14.2 Å². The van der Waals surface area contributed by atoms with Crippen molar-refractivity contribution in [3.8, 4) is 5.75 Å². The molecule has 1 rings (SSSR count). The minimum absolute atomic E-state index is 0.262. The van der Waals surface area contributed by atoms with Gasteiger partial charge in [-0.3, -0.25) is 4.79 Å². The molecule has 7 heteroatoms. The highest BCUT2D eigenvalue weighted by molar-refractivity contribution is 6.04. The second-order valence-corrected chi connectivity index (χ2v) is 9.11. The molecular weight excluding hydrogens is 400 g/mol. The lowest BCUT2D eigenvalue weighted by molar-refractivity contribution is -0.294. The quantitative estimate of drug-likeness (QED) is 0.292. The molecule has 0 aliphatic carbocycles. The SMILES string of the molecule is COC(C)(OCCOCCOc1c(C)c(C)c(C(=O)C(C)(C)O)c(C)c1C)C(C)(C)O. The third kappa shape index (κ3) is 6.49. The Morgan fingerprint density at radius 1 is 0.806 bits per heavy atom. The zero-order valence-corrected chi connectivity index (χ0v) is 20.8. The third-order valence-electron chi connectivity index (χ3n) is 5.92.